The summed E-state index contributed by atoms with van der Waals surface area (Å²) in [5.41, 5.74) is 1.49. The van der Waals surface area contributed by atoms with Crippen LogP contribution in [-0.4, -0.2) is 24.9 Å². The highest BCUT2D eigenvalue weighted by Gasteiger charge is 2.45. The van der Waals surface area contributed by atoms with Crippen LogP contribution in [0.3, 0.4) is 0 Å². The Balaban J connectivity index is 1.90. The normalized spacial score (nSPS) is 28.0. The average molecular weight is 326 g/mol. The molecule has 1 aliphatic carbocycles. The van der Waals surface area contributed by atoms with Crippen LogP contribution in [0.25, 0.3) is 10.8 Å². The number of rotatable bonds is 4. The van der Waals surface area contributed by atoms with Crippen molar-refractivity contribution in [3.05, 3.63) is 48.0 Å². The second-order valence-electron chi connectivity index (χ2n) is 8.09. The Bertz CT molecular complexity index is 691. The van der Waals surface area contributed by atoms with Gasteiger partial charge in [0.15, 0.2) is 0 Å². The van der Waals surface area contributed by atoms with E-state index in [0.717, 1.165) is 12.8 Å². The molecule has 0 spiro atoms. The lowest BCUT2D eigenvalue weighted by Gasteiger charge is -2.48. The van der Waals surface area contributed by atoms with E-state index in [0.29, 0.717) is 11.8 Å². The molecule has 0 aromatic heterocycles. The highest BCUT2D eigenvalue weighted by atomic mass is 16.5. The van der Waals surface area contributed by atoms with Crippen molar-refractivity contribution in [1.29, 1.82) is 0 Å². The molecule has 1 N–H and O–H groups in total. The molecular formula is C22H30O2. The maximum atomic E-state index is 10.1. The summed E-state index contributed by atoms with van der Waals surface area (Å²) in [6.45, 7) is 7.04. The highest BCUT2D eigenvalue weighted by Crippen LogP contribution is 2.48. The van der Waals surface area contributed by atoms with Crippen LogP contribution in [0.15, 0.2) is 42.5 Å². The molecule has 0 amide bonds. The number of ether oxygens (including phenoxy) is 1. The van der Waals surface area contributed by atoms with Crippen molar-refractivity contribution in [2.24, 2.45) is 17.3 Å². The van der Waals surface area contributed by atoms with Gasteiger partial charge in [-0.2, -0.15) is 0 Å². The lowest BCUT2D eigenvalue weighted by molar-refractivity contribution is -0.104. The van der Waals surface area contributed by atoms with E-state index in [9.17, 15) is 5.11 Å². The van der Waals surface area contributed by atoms with E-state index in [-0.39, 0.29) is 24.0 Å². The van der Waals surface area contributed by atoms with Crippen molar-refractivity contribution < 1.29 is 9.84 Å². The number of methoxy groups -OCH3 is 1. The molecule has 3 rings (SSSR count). The fourth-order valence-corrected chi connectivity index (χ4v) is 4.78. The minimum Gasteiger partial charge on any atom is -0.396 e. The molecule has 130 valence electrons. The van der Waals surface area contributed by atoms with Crippen LogP contribution in [0.1, 0.15) is 45.1 Å². The fraction of sp³-hybridized carbons (Fsp3) is 0.545. The highest BCUT2D eigenvalue weighted by molar-refractivity contribution is 5.83. The zero-order chi connectivity index (χ0) is 17.3. The van der Waals surface area contributed by atoms with Gasteiger partial charge in [0.1, 0.15) is 0 Å². The molecule has 0 bridgehead atoms. The van der Waals surface area contributed by atoms with E-state index < -0.39 is 0 Å². The topological polar surface area (TPSA) is 29.5 Å². The summed E-state index contributed by atoms with van der Waals surface area (Å²) in [5.74, 6) is 1.06. The first-order chi connectivity index (χ1) is 11.5. The van der Waals surface area contributed by atoms with Gasteiger partial charge in [-0.25, -0.2) is 0 Å². The number of hydrogen-bond donors (Lipinski definition) is 1. The number of aliphatic hydroxyl groups excluding tert-OH is 1. The molecule has 0 heterocycles. The number of hydrogen-bond acceptors (Lipinski definition) is 2. The Hall–Kier alpha value is -1.38. The molecule has 2 nitrogen and oxygen atoms in total. The van der Waals surface area contributed by atoms with Gasteiger partial charge in [0.25, 0.3) is 0 Å². The van der Waals surface area contributed by atoms with Gasteiger partial charge in [-0.3, -0.25) is 0 Å². The first-order valence-electron chi connectivity index (χ1n) is 9.10. The Morgan fingerprint density at radius 1 is 1.17 bits per heavy atom. The van der Waals surface area contributed by atoms with Gasteiger partial charge in [0, 0.05) is 19.6 Å². The minimum absolute atomic E-state index is 0.115. The monoisotopic (exact) mass is 326 g/mol. The van der Waals surface area contributed by atoms with E-state index in [2.05, 4.69) is 63.2 Å². The summed E-state index contributed by atoms with van der Waals surface area (Å²) >= 11 is 0. The number of fused-ring (bicyclic) bond motifs is 1. The molecular weight excluding hydrogens is 296 g/mol. The second-order valence-corrected chi connectivity index (χ2v) is 8.09. The number of aliphatic hydroxyl groups is 1. The molecule has 2 heteroatoms. The zero-order valence-corrected chi connectivity index (χ0v) is 15.3. The quantitative estimate of drug-likeness (QED) is 0.856. The lowest BCUT2D eigenvalue weighted by atomic mass is 9.61. The summed E-state index contributed by atoms with van der Waals surface area (Å²) in [6.07, 6.45) is 2.40. The van der Waals surface area contributed by atoms with E-state index in [1.165, 1.54) is 16.3 Å². The Labute approximate surface area is 145 Å². The van der Waals surface area contributed by atoms with Crippen LogP contribution in [-0.2, 0) is 4.74 Å². The van der Waals surface area contributed by atoms with Crippen molar-refractivity contribution in [3.8, 4) is 0 Å². The molecule has 2 aromatic carbocycles. The third kappa shape index (κ3) is 3.10. The molecule has 0 aliphatic heterocycles. The molecule has 2 aromatic rings. The standard InChI is InChI=1S/C22H30O2/c1-15(17-10-9-16-7-5-6-8-18(16)13-17)19-11-12-22(2,3)21(24-4)20(19)14-23/h5-10,13,15,19-21,23H,11-12,14H2,1-4H3. The molecule has 1 saturated carbocycles. The smallest absolute Gasteiger partial charge is 0.0675 e. The number of benzene rings is 2. The van der Waals surface area contributed by atoms with Crippen molar-refractivity contribution in [2.45, 2.75) is 45.6 Å². The molecule has 4 atom stereocenters. The zero-order valence-electron chi connectivity index (χ0n) is 15.3. The van der Waals surface area contributed by atoms with Gasteiger partial charge < -0.3 is 9.84 Å². The van der Waals surface area contributed by atoms with Crippen LogP contribution in [0.4, 0.5) is 0 Å². The van der Waals surface area contributed by atoms with Crippen molar-refractivity contribution in [1.82, 2.24) is 0 Å². The SMILES string of the molecule is COC1C(CO)C(C(C)c2ccc3ccccc3c2)CCC1(C)C. The summed E-state index contributed by atoms with van der Waals surface area (Å²) in [5, 5.41) is 12.7. The molecule has 24 heavy (non-hydrogen) atoms. The Kier molecular flexibility index (Phi) is 4.98. The first kappa shape index (κ1) is 17.4. The fourth-order valence-electron chi connectivity index (χ4n) is 4.78. The largest absolute Gasteiger partial charge is 0.396 e. The first-order valence-corrected chi connectivity index (χ1v) is 9.10. The van der Waals surface area contributed by atoms with Crippen molar-refractivity contribution in [3.63, 3.8) is 0 Å². The maximum Gasteiger partial charge on any atom is 0.0675 e. The van der Waals surface area contributed by atoms with E-state index in [1.54, 1.807) is 7.11 Å². The average Bonchev–Trinajstić information content (AvgIpc) is 2.59. The van der Waals surface area contributed by atoms with Gasteiger partial charge in [-0.1, -0.05) is 63.2 Å². The lowest BCUT2D eigenvalue weighted by Crippen LogP contribution is -2.48. The maximum absolute atomic E-state index is 10.1. The van der Waals surface area contributed by atoms with E-state index in [4.69, 9.17) is 4.74 Å². The Morgan fingerprint density at radius 2 is 1.88 bits per heavy atom. The molecule has 1 aliphatic rings. The van der Waals surface area contributed by atoms with E-state index >= 15 is 0 Å². The van der Waals surface area contributed by atoms with Gasteiger partial charge in [0.05, 0.1) is 6.10 Å². The van der Waals surface area contributed by atoms with Crippen LogP contribution in [0.5, 0.6) is 0 Å². The van der Waals surface area contributed by atoms with Crippen LogP contribution in [0, 0.1) is 17.3 Å². The summed E-state index contributed by atoms with van der Waals surface area (Å²) in [4.78, 5) is 0. The van der Waals surface area contributed by atoms with Gasteiger partial charge >= 0.3 is 0 Å². The third-order valence-electron chi connectivity index (χ3n) is 6.24. The van der Waals surface area contributed by atoms with E-state index in [1.807, 2.05) is 0 Å². The second kappa shape index (κ2) is 6.85. The predicted molar refractivity (Wildman–Crippen MR) is 100 cm³/mol. The summed E-state index contributed by atoms with van der Waals surface area (Å²) in [6, 6.07) is 15.3. The molecule has 1 fully saturated rings. The van der Waals surface area contributed by atoms with Crippen molar-refractivity contribution >= 4 is 10.8 Å². The molecule has 4 unspecified atom stereocenters. The van der Waals surface area contributed by atoms with Gasteiger partial charge in [0.2, 0.25) is 0 Å². The van der Waals surface area contributed by atoms with Gasteiger partial charge in [-0.05, 0) is 46.4 Å². The van der Waals surface area contributed by atoms with Crippen molar-refractivity contribution in [2.75, 3.05) is 13.7 Å². The third-order valence-corrected chi connectivity index (χ3v) is 6.24. The summed E-state index contributed by atoms with van der Waals surface area (Å²) < 4.78 is 5.84. The predicted octanol–water partition coefficient (Wildman–Crippen LogP) is 5.00. The Morgan fingerprint density at radius 3 is 2.54 bits per heavy atom. The van der Waals surface area contributed by atoms with Gasteiger partial charge in [-0.15, -0.1) is 0 Å². The molecule has 0 saturated heterocycles. The minimum atomic E-state index is 0.115. The van der Waals surface area contributed by atoms with Crippen LogP contribution < -0.4 is 0 Å². The van der Waals surface area contributed by atoms with Crippen LogP contribution >= 0.6 is 0 Å². The summed E-state index contributed by atoms with van der Waals surface area (Å²) in [7, 11) is 1.79. The molecule has 0 radical (unpaired) electrons. The van der Waals surface area contributed by atoms with Crippen LogP contribution in [0.2, 0.25) is 0 Å².